The lowest BCUT2D eigenvalue weighted by molar-refractivity contribution is -0.433. The molecule has 4 nitrogen and oxygen atoms in total. The number of rotatable bonds is 5. The minimum Gasteiger partial charge on any atom is -0.446 e. The molecule has 1 aliphatic heterocycles. The Bertz CT molecular complexity index is 652. The third kappa shape index (κ3) is 3.62. The molecule has 1 aliphatic rings. The van der Waals surface area contributed by atoms with E-state index in [2.05, 4.69) is 9.47 Å². The fourth-order valence-electron chi connectivity index (χ4n) is 2.80. The molecule has 164 valence electrons. The van der Waals surface area contributed by atoms with Crippen molar-refractivity contribution in [2.24, 2.45) is 10.8 Å². The molecule has 0 spiro atoms. The topological polar surface area (TPSA) is 55.8 Å². The van der Waals surface area contributed by atoms with E-state index >= 15 is 0 Å². The van der Waals surface area contributed by atoms with Gasteiger partial charge in [-0.1, -0.05) is 32.4 Å². The predicted octanol–water partition coefficient (Wildman–Crippen LogP) is 4.82. The molecule has 0 amide bonds. The number of allylic oxidation sites excluding steroid dienone is 1. The highest BCUT2D eigenvalue weighted by Gasteiger charge is 2.87. The van der Waals surface area contributed by atoms with Crippen LogP contribution in [0.5, 0.6) is 0 Å². The molecule has 1 N–H and O–H groups in total. The summed E-state index contributed by atoms with van der Waals surface area (Å²) < 4.78 is 102. The van der Waals surface area contributed by atoms with Crippen molar-refractivity contribution in [1.29, 1.82) is 0 Å². The number of carbonyl (C=O) groups excluding carboxylic acids is 1. The molecule has 0 bridgehead atoms. The van der Waals surface area contributed by atoms with Gasteiger partial charge in [0.2, 0.25) is 0 Å². The highest BCUT2D eigenvalue weighted by Crippen LogP contribution is 2.57. The van der Waals surface area contributed by atoms with Crippen molar-refractivity contribution >= 4 is 5.97 Å². The van der Waals surface area contributed by atoms with Gasteiger partial charge in [-0.15, -0.1) is 0 Å². The van der Waals surface area contributed by atoms with Crippen LogP contribution < -0.4 is 0 Å². The van der Waals surface area contributed by atoms with Gasteiger partial charge in [0.15, 0.2) is 0 Å². The molecule has 3 unspecified atom stereocenters. The van der Waals surface area contributed by atoms with Gasteiger partial charge in [-0.2, -0.15) is 30.7 Å². The quantitative estimate of drug-likeness (QED) is 0.391. The first kappa shape index (κ1) is 24.7. The molecule has 1 rings (SSSR count). The van der Waals surface area contributed by atoms with Gasteiger partial charge in [0.25, 0.3) is 6.10 Å². The van der Waals surface area contributed by atoms with Gasteiger partial charge < -0.3 is 9.84 Å². The summed E-state index contributed by atoms with van der Waals surface area (Å²) in [6.07, 6.45) is -13.9. The van der Waals surface area contributed by atoms with Crippen molar-refractivity contribution in [2.75, 3.05) is 0 Å². The van der Waals surface area contributed by atoms with Crippen LogP contribution in [-0.2, 0) is 14.3 Å². The first-order valence-corrected chi connectivity index (χ1v) is 8.31. The van der Waals surface area contributed by atoms with Gasteiger partial charge in [-0.3, -0.25) is 9.53 Å². The summed E-state index contributed by atoms with van der Waals surface area (Å²) in [5.41, 5.74) is -2.20. The summed E-state index contributed by atoms with van der Waals surface area (Å²) in [6.45, 7) is 9.09. The van der Waals surface area contributed by atoms with Crippen LogP contribution in [-0.4, -0.2) is 41.2 Å². The molecule has 0 aliphatic carbocycles. The van der Waals surface area contributed by atoms with Crippen LogP contribution in [0.1, 0.15) is 48.0 Å². The fraction of sp³-hybridized carbons (Fsp3) is 0.824. The Labute approximate surface area is 157 Å². The Balaban J connectivity index is 3.45. The number of carbonyl (C=O) groups is 1. The molecule has 28 heavy (non-hydrogen) atoms. The molecular weight excluding hydrogens is 401 g/mol. The summed E-state index contributed by atoms with van der Waals surface area (Å²) in [6, 6.07) is 0. The molecule has 1 saturated heterocycles. The van der Waals surface area contributed by atoms with Crippen LogP contribution in [0.3, 0.4) is 0 Å². The second-order valence-corrected chi connectivity index (χ2v) is 7.88. The summed E-state index contributed by atoms with van der Waals surface area (Å²) in [7, 11) is 0. The fourth-order valence-corrected chi connectivity index (χ4v) is 2.80. The number of hydrogen-bond donors (Lipinski definition) is 1. The molecule has 11 heteroatoms. The Morgan fingerprint density at radius 2 is 1.61 bits per heavy atom. The maximum absolute atomic E-state index is 14.2. The highest BCUT2D eigenvalue weighted by atomic mass is 19.4. The molecule has 1 fully saturated rings. The van der Waals surface area contributed by atoms with E-state index in [-0.39, 0.29) is 6.42 Å². The van der Waals surface area contributed by atoms with Crippen LogP contribution in [0.4, 0.5) is 30.7 Å². The Hall–Kier alpha value is -1.36. The van der Waals surface area contributed by atoms with Crippen LogP contribution in [0.25, 0.3) is 0 Å². The lowest BCUT2D eigenvalue weighted by atomic mass is 9.64. The SMILES string of the molecule is CCC(C)(C)C(C)(C=C(C)C)C(=O)OC1C(F)(F)OC(O)(C(F)(F)F)C1(F)F. The average Bonchev–Trinajstić information content (AvgIpc) is 2.62. The van der Waals surface area contributed by atoms with Crippen molar-refractivity contribution in [3.05, 3.63) is 11.6 Å². The monoisotopic (exact) mass is 424 g/mol. The van der Waals surface area contributed by atoms with Crippen LogP contribution >= 0.6 is 0 Å². The number of ether oxygens (including phenoxy) is 2. The van der Waals surface area contributed by atoms with Crippen LogP contribution in [0, 0.1) is 10.8 Å². The predicted molar refractivity (Wildman–Crippen MR) is 83.5 cm³/mol. The minimum atomic E-state index is -6.27. The molecule has 0 aromatic heterocycles. The number of hydrogen-bond acceptors (Lipinski definition) is 4. The van der Waals surface area contributed by atoms with Crippen LogP contribution in [0.2, 0.25) is 0 Å². The van der Waals surface area contributed by atoms with E-state index in [1.54, 1.807) is 34.6 Å². The Kier molecular flexibility index (Phi) is 6.05. The van der Waals surface area contributed by atoms with E-state index in [9.17, 15) is 35.5 Å². The lowest BCUT2D eigenvalue weighted by Crippen LogP contribution is -2.60. The number of aliphatic hydroxyl groups is 1. The molecular formula is C17H23F7O4. The smallest absolute Gasteiger partial charge is 0.446 e. The summed E-state index contributed by atoms with van der Waals surface area (Å²) in [5, 5.41) is 9.15. The van der Waals surface area contributed by atoms with Gasteiger partial charge in [-0.05, 0) is 32.6 Å². The van der Waals surface area contributed by atoms with Gasteiger partial charge in [0, 0.05) is 0 Å². The second-order valence-electron chi connectivity index (χ2n) is 7.88. The van der Waals surface area contributed by atoms with Gasteiger partial charge in [0.1, 0.15) is 0 Å². The van der Waals surface area contributed by atoms with Gasteiger partial charge >= 0.3 is 30.0 Å². The van der Waals surface area contributed by atoms with E-state index in [1.807, 2.05) is 0 Å². The average molecular weight is 424 g/mol. The van der Waals surface area contributed by atoms with Gasteiger partial charge in [0.05, 0.1) is 5.41 Å². The third-order valence-corrected chi connectivity index (χ3v) is 5.27. The molecule has 0 aromatic rings. The van der Waals surface area contributed by atoms with E-state index < -0.39 is 46.9 Å². The van der Waals surface area contributed by atoms with Crippen molar-refractivity contribution in [1.82, 2.24) is 0 Å². The first-order chi connectivity index (χ1) is 12.2. The lowest BCUT2D eigenvalue weighted by Gasteiger charge is -2.41. The number of esters is 1. The maximum atomic E-state index is 14.2. The Morgan fingerprint density at radius 1 is 1.14 bits per heavy atom. The third-order valence-electron chi connectivity index (χ3n) is 5.27. The zero-order chi connectivity index (χ0) is 22.6. The largest absolute Gasteiger partial charge is 0.450 e. The second kappa shape index (κ2) is 6.86. The summed E-state index contributed by atoms with van der Waals surface area (Å²) in [5.74, 6) is -12.8. The number of alkyl halides is 7. The maximum Gasteiger partial charge on any atom is 0.450 e. The van der Waals surface area contributed by atoms with E-state index in [1.165, 1.54) is 13.0 Å². The summed E-state index contributed by atoms with van der Waals surface area (Å²) >= 11 is 0. The van der Waals surface area contributed by atoms with E-state index in [4.69, 9.17) is 5.11 Å². The summed E-state index contributed by atoms with van der Waals surface area (Å²) in [4.78, 5) is 12.6. The molecule has 0 saturated carbocycles. The molecule has 1 heterocycles. The first-order valence-electron chi connectivity index (χ1n) is 8.31. The standard InChI is InChI=1S/C17H23F7O4/c1-7-12(4,5)13(6,8-9(2)3)11(25)27-10-14(18,19)16(26,17(22,23)24)28-15(10,20)21/h8,10,26H,7H2,1-6H3. The van der Waals surface area contributed by atoms with E-state index in [0.717, 1.165) is 0 Å². The van der Waals surface area contributed by atoms with Crippen LogP contribution in [0.15, 0.2) is 11.6 Å². The molecule has 0 radical (unpaired) electrons. The van der Waals surface area contributed by atoms with Crippen molar-refractivity contribution in [2.45, 2.75) is 78.1 Å². The zero-order valence-corrected chi connectivity index (χ0v) is 16.2. The molecule has 3 atom stereocenters. The van der Waals surface area contributed by atoms with Gasteiger partial charge in [-0.25, -0.2) is 0 Å². The van der Waals surface area contributed by atoms with E-state index in [0.29, 0.717) is 5.57 Å². The Morgan fingerprint density at radius 3 is 1.93 bits per heavy atom. The normalized spacial score (nSPS) is 29.1. The number of halogens is 7. The van der Waals surface area contributed by atoms with Crippen molar-refractivity contribution in [3.63, 3.8) is 0 Å². The highest BCUT2D eigenvalue weighted by molar-refractivity contribution is 5.80. The minimum absolute atomic E-state index is 0.281. The zero-order valence-electron chi connectivity index (χ0n) is 16.2. The van der Waals surface area contributed by atoms with Crippen molar-refractivity contribution < 1.29 is 50.1 Å². The molecule has 0 aromatic carbocycles. The van der Waals surface area contributed by atoms with Crippen molar-refractivity contribution in [3.8, 4) is 0 Å².